The zero-order valence-corrected chi connectivity index (χ0v) is 25.8. The number of thioether (sulfide) groups is 1. The van der Waals surface area contributed by atoms with Crippen molar-refractivity contribution < 1.29 is 33.9 Å². The number of carbonyl (C=O) groups excluding carboxylic acids is 6. The van der Waals surface area contributed by atoms with E-state index in [4.69, 9.17) is 5.73 Å². The number of nitrogens with two attached hydrogens (primary N) is 1. The molecule has 1 unspecified atom stereocenters. The van der Waals surface area contributed by atoms with Crippen LogP contribution in [0.4, 0.5) is 10.5 Å². The first-order valence-electron chi connectivity index (χ1n) is 14.5. The molecule has 238 valence electrons. The van der Waals surface area contributed by atoms with Crippen LogP contribution >= 0.6 is 11.8 Å². The number of hydrogen-bond acceptors (Lipinski definition) is 8. The molecule has 0 spiro atoms. The van der Waals surface area contributed by atoms with Crippen molar-refractivity contribution in [3.63, 3.8) is 0 Å². The quantitative estimate of drug-likeness (QED) is 0.104. The lowest BCUT2D eigenvalue weighted by Crippen LogP contribution is -2.54. The van der Waals surface area contributed by atoms with Gasteiger partial charge >= 0.3 is 6.03 Å². The predicted octanol–water partition coefficient (Wildman–Crippen LogP) is 1.24. The SMILES string of the molecule is CSC1CC(=O)N(CCCCCC(=O)N[C@H](C(=O)N[C@@H](CCCNC(N)=O)C(=O)Nc2ccc(CO)cc2)C(C)C)C1=O. The van der Waals surface area contributed by atoms with E-state index in [1.54, 1.807) is 44.4 Å². The van der Waals surface area contributed by atoms with Crippen LogP contribution in [0.15, 0.2) is 24.3 Å². The highest BCUT2D eigenvalue weighted by Crippen LogP contribution is 2.23. The monoisotopic (exact) mass is 620 g/mol. The maximum absolute atomic E-state index is 13.3. The van der Waals surface area contributed by atoms with E-state index >= 15 is 0 Å². The number of unbranched alkanes of at least 4 members (excludes halogenated alkanes) is 2. The van der Waals surface area contributed by atoms with Crippen molar-refractivity contribution in [2.75, 3.05) is 24.7 Å². The van der Waals surface area contributed by atoms with Crippen molar-refractivity contribution in [3.05, 3.63) is 29.8 Å². The number of nitrogens with one attached hydrogen (secondary N) is 4. The van der Waals surface area contributed by atoms with Gasteiger partial charge in [-0.2, -0.15) is 11.8 Å². The van der Waals surface area contributed by atoms with Gasteiger partial charge in [-0.25, -0.2) is 4.79 Å². The molecule has 43 heavy (non-hydrogen) atoms. The van der Waals surface area contributed by atoms with E-state index in [1.807, 2.05) is 0 Å². The van der Waals surface area contributed by atoms with E-state index in [1.165, 1.54) is 16.7 Å². The number of anilines is 1. The zero-order valence-electron chi connectivity index (χ0n) is 25.0. The van der Waals surface area contributed by atoms with Crippen molar-refractivity contribution in [2.45, 2.75) is 82.7 Å². The Morgan fingerprint density at radius 2 is 1.72 bits per heavy atom. The van der Waals surface area contributed by atoms with Crippen molar-refractivity contribution in [1.29, 1.82) is 0 Å². The van der Waals surface area contributed by atoms with E-state index < -0.39 is 29.9 Å². The summed E-state index contributed by atoms with van der Waals surface area (Å²) < 4.78 is 0. The number of benzene rings is 1. The highest BCUT2D eigenvalue weighted by Gasteiger charge is 2.37. The average Bonchev–Trinajstić information content (AvgIpc) is 3.24. The van der Waals surface area contributed by atoms with E-state index in [2.05, 4.69) is 21.3 Å². The molecule has 3 atom stereocenters. The van der Waals surface area contributed by atoms with Crippen LogP contribution in [0.1, 0.15) is 64.4 Å². The largest absolute Gasteiger partial charge is 0.392 e. The molecule has 0 saturated carbocycles. The summed E-state index contributed by atoms with van der Waals surface area (Å²) in [4.78, 5) is 75.6. The Labute approximate surface area is 256 Å². The first kappa shape index (κ1) is 35.5. The summed E-state index contributed by atoms with van der Waals surface area (Å²) in [6, 6.07) is 4.05. The van der Waals surface area contributed by atoms with Gasteiger partial charge in [0, 0.05) is 31.6 Å². The molecular formula is C29H44N6O7S. The Hall–Kier alpha value is -3.65. The molecule has 13 nitrogen and oxygen atoms in total. The maximum Gasteiger partial charge on any atom is 0.312 e. The van der Waals surface area contributed by atoms with Crippen LogP contribution in [0.3, 0.4) is 0 Å². The van der Waals surface area contributed by atoms with Crippen molar-refractivity contribution in [1.82, 2.24) is 20.9 Å². The summed E-state index contributed by atoms with van der Waals surface area (Å²) in [7, 11) is 0. The molecule has 1 aromatic rings. The van der Waals surface area contributed by atoms with Gasteiger partial charge in [-0.1, -0.05) is 32.4 Å². The number of aliphatic hydroxyl groups excluding tert-OH is 1. The van der Waals surface area contributed by atoms with Gasteiger partial charge in [0.15, 0.2) is 0 Å². The second-order valence-corrected chi connectivity index (χ2v) is 11.8. The third kappa shape index (κ3) is 11.9. The number of primary amides is 1. The molecule has 0 bridgehead atoms. The number of rotatable bonds is 18. The summed E-state index contributed by atoms with van der Waals surface area (Å²) >= 11 is 1.37. The normalized spacial score (nSPS) is 16.1. The summed E-state index contributed by atoms with van der Waals surface area (Å²) in [5.41, 5.74) is 6.27. The van der Waals surface area contributed by atoms with Crippen molar-refractivity contribution >= 4 is 53.0 Å². The minimum atomic E-state index is -0.959. The number of nitrogens with zero attached hydrogens (tertiary/aromatic N) is 1. The number of likely N-dealkylation sites (tertiary alicyclic amines) is 1. The second-order valence-electron chi connectivity index (χ2n) is 10.8. The maximum atomic E-state index is 13.3. The molecule has 1 fully saturated rings. The lowest BCUT2D eigenvalue weighted by Gasteiger charge is -2.25. The number of amides is 7. The smallest absolute Gasteiger partial charge is 0.312 e. The molecule has 14 heteroatoms. The van der Waals surface area contributed by atoms with Gasteiger partial charge in [0.05, 0.1) is 11.9 Å². The summed E-state index contributed by atoms with van der Waals surface area (Å²) in [6.07, 6.45) is 4.50. The highest BCUT2D eigenvalue weighted by atomic mass is 32.2. The standard InChI is InChI=1S/C29H44N6O7S/c1-18(2)25(34-23(37)9-5-4-6-15-35-24(38)16-22(43-3)28(35)41)27(40)33-21(8-7-14-31-29(30)42)26(39)32-20-12-10-19(17-36)11-13-20/h10-13,18,21-22,25,36H,4-9,14-17H2,1-3H3,(H,32,39)(H,33,40)(H,34,37)(H3,30,31,42)/t21-,22?,25-/m0/s1. The van der Waals surface area contributed by atoms with Gasteiger partial charge in [0.1, 0.15) is 12.1 Å². The molecule has 0 aliphatic carbocycles. The van der Waals surface area contributed by atoms with Gasteiger partial charge in [0.25, 0.3) is 0 Å². The highest BCUT2D eigenvalue weighted by molar-refractivity contribution is 8.00. The fourth-order valence-corrected chi connectivity index (χ4v) is 5.19. The van der Waals surface area contributed by atoms with Gasteiger partial charge in [-0.3, -0.25) is 28.9 Å². The fourth-order valence-electron chi connectivity index (χ4n) is 4.56. The Kier molecular flexibility index (Phi) is 15.0. The Bertz CT molecular complexity index is 1130. The topological polar surface area (TPSA) is 200 Å². The number of carbonyl (C=O) groups is 6. The van der Waals surface area contributed by atoms with Crippen LogP contribution in [-0.2, 0) is 30.6 Å². The molecule has 2 rings (SSSR count). The molecule has 7 amide bonds. The van der Waals surface area contributed by atoms with E-state index in [0.717, 1.165) is 0 Å². The average molecular weight is 621 g/mol. The van der Waals surface area contributed by atoms with Crippen molar-refractivity contribution in [2.24, 2.45) is 11.7 Å². The molecular weight excluding hydrogens is 576 g/mol. The summed E-state index contributed by atoms with van der Waals surface area (Å²) in [6.45, 7) is 3.97. The summed E-state index contributed by atoms with van der Waals surface area (Å²) in [5, 5.41) is 19.6. The first-order valence-corrected chi connectivity index (χ1v) is 15.8. The summed E-state index contributed by atoms with van der Waals surface area (Å²) in [5.74, 6) is -1.90. The Morgan fingerprint density at radius 1 is 1.02 bits per heavy atom. The van der Waals surface area contributed by atoms with Crippen LogP contribution in [0.2, 0.25) is 0 Å². The fraction of sp³-hybridized carbons (Fsp3) is 0.586. The molecule has 1 saturated heterocycles. The lowest BCUT2D eigenvalue weighted by molar-refractivity contribution is -0.138. The lowest BCUT2D eigenvalue weighted by atomic mass is 10.0. The molecule has 7 N–H and O–H groups in total. The Balaban J connectivity index is 1.91. The zero-order chi connectivity index (χ0) is 31.9. The van der Waals surface area contributed by atoms with Gasteiger partial charge in [0.2, 0.25) is 29.5 Å². The number of imide groups is 1. The van der Waals surface area contributed by atoms with Gasteiger partial charge in [-0.05, 0) is 55.6 Å². The van der Waals surface area contributed by atoms with Crippen LogP contribution in [-0.4, -0.2) is 82.3 Å². The van der Waals surface area contributed by atoms with Crippen LogP contribution in [0, 0.1) is 5.92 Å². The number of urea groups is 1. The second kappa shape index (κ2) is 18.1. The number of aliphatic hydroxyl groups is 1. The van der Waals surface area contributed by atoms with E-state index in [-0.39, 0.29) is 61.3 Å². The molecule has 1 aliphatic heterocycles. The predicted molar refractivity (Wildman–Crippen MR) is 164 cm³/mol. The van der Waals surface area contributed by atoms with Crippen LogP contribution in [0.25, 0.3) is 0 Å². The Morgan fingerprint density at radius 3 is 2.30 bits per heavy atom. The van der Waals surface area contributed by atoms with Crippen molar-refractivity contribution in [3.8, 4) is 0 Å². The first-order chi connectivity index (χ1) is 20.5. The van der Waals surface area contributed by atoms with Gasteiger partial charge in [-0.15, -0.1) is 0 Å². The molecule has 1 heterocycles. The third-order valence-electron chi connectivity index (χ3n) is 7.04. The molecule has 1 aliphatic rings. The molecule has 0 aromatic heterocycles. The minimum absolute atomic E-state index is 0.137. The van der Waals surface area contributed by atoms with E-state index in [0.29, 0.717) is 43.5 Å². The van der Waals surface area contributed by atoms with E-state index in [9.17, 15) is 33.9 Å². The van der Waals surface area contributed by atoms with Crippen LogP contribution < -0.4 is 27.0 Å². The third-order valence-corrected chi connectivity index (χ3v) is 7.98. The van der Waals surface area contributed by atoms with Crippen LogP contribution in [0.5, 0.6) is 0 Å². The van der Waals surface area contributed by atoms with Gasteiger partial charge < -0.3 is 32.1 Å². The molecule has 0 radical (unpaired) electrons. The molecule has 1 aromatic carbocycles. The number of hydrogen-bond donors (Lipinski definition) is 6. The minimum Gasteiger partial charge on any atom is -0.392 e.